The van der Waals surface area contributed by atoms with Gasteiger partial charge in [0.1, 0.15) is 5.75 Å². The lowest BCUT2D eigenvalue weighted by Crippen LogP contribution is -2.51. The fraction of sp³-hybridized carbons (Fsp3) is 0.533. The number of amides is 1. The molecule has 0 radical (unpaired) electrons. The number of hydrogen-bond donors (Lipinski definition) is 2. The third-order valence-electron chi connectivity index (χ3n) is 3.45. The summed E-state index contributed by atoms with van der Waals surface area (Å²) < 4.78 is 5.51. The Bertz CT molecular complexity index is 450. The van der Waals surface area contributed by atoms with Crippen molar-refractivity contribution in [3.8, 4) is 5.75 Å². The molecule has 1 amide bonds. The van der Waals surface area contributed by atoms with E-state index in [1.54, 1.807) is 0 Å². The predicted octanol–water partition coefficient (Wildman–Crippen LogP) is 1.32. The van der Waals surface area contributed by atoms with Gasteiger partial charge in [-0.25, -0.2) is 0 Å². The van der Waals surface area contributed by atoms with Crippen molar-refractivity contribution in [3.05, 3.63) is 24.3 Å². The zero-order chi connectivity index (χ0) is 14.4. The topological polar surface area (TPSA) is 53.6 Å². The summed E-state index contributed by atoms with van der Waals surface area (Å²) in [5.41, 5.74) is 0.738. The van der Waals surface area contributed by atoms with Gasteiger partial charge in [-0.15, -0.1) is 0 Å². The second-order valence-corrected chi connectivity index (χ2v) is 5.00. The number of ether oxygens (including phenoxy) is 1. The van der Waals surface area contributed by atoms with Crippen molar-refractivity contribution in [1.82, 2.24) is 10.2 Å². The number of nitrogens with one attached hydrogen (secondary N) is 2. The molecule has 1 aromatic carbocycles. The molecular weight excluding hydrogens is 254 g/mol. The molecule has 0 aromatic heterocycles. The number of anilines is 1. The molecule has 0 aliphatic carbocycles. The zero-order valence-corrected chi connectivity index (χ0v) is 12.2. The fourth-order valence-corrected chi connectivity index (χ4v) is 2.34. The molecule has 1 aliphatic heterocycles. The van der Waals surface area contributed by atoms with Gasteiger partial charge >= 0.3 is 0 Å². The first-order valence-corrected chi connectivity index (χ1v) is 7.17. The van der Waals surface area contributed by atoms with Gasteiger partial charge in [-0.2, -0.15) is 0 Å². The van der Waals surface area contributed by atoms with Crippen molar-refractivity contribution in [3.63, 3.8) is 0 Å². The maximum absolute atomic E-state index is 12.2. The average Bonchev–Trinajstić information content (AvgIpc) is 2.44. The maximum Gasteiger partial charge on any atom is 0.238 e. The highest BCUT2D eigenvalue weighted by atomic mass is 16.5. The quantitative estimate of drug-likeness (QED) is 0.852. The van der Waals surface area contributed by atoms with Crippen molar-refractivity contribution in [2.45, 2.75) is 19.9 Å². The first kappa shape index (κ1) is 14.8. The van der Waals surface area contributed by atoms with Crippen LogP contribution in [0.2, 0.25) is 0 Å². The van der Waals surface area contributed by atoms with Crippen molar-refractivity contribution in [1.29, 1.82) is 0 Å². The van der Waals surface area contributed by atoms with Crippen LogP contribution in [0.1, 0.15) is 13.8 Å². The third-order valence-corrected chi connectivity index (χ3v) is 3.45. The molecule has 1 saturated heterocycles. The SMILES string of the molecule is CCOc1ccccc1NC(=O)CN1CCNC[C@H]1C. The van der Waals surface area contributed by atoms with E-state index in [0.717, 1.165) is 31.1 Å². The molecule has 0 bridgehead atoms. The number of piperazine rings is 1. The van der Waals surface area contributed by atoms with Gasteiger partial charge in [0.05, 0.1) is 18.8 Å². The summed E-state index contributed by atoms with van der Waals surface area (Å²) in [5.74, 6) is 0.725. The highest BCUT2D eigenvalue weighted by molar-refractivity contribution is 5.93. The molecule has 110 valence electrons. The molecule has 0 saturated carbocycles. The Morgan fingerprint density at radius 3 is 3.05 bits per heavy atom. The van der Waals surface area contributed by atoms with Crippen molar-refractivity contribution >= 4 is 11.6 Å². The minimum absolute atomic E-state index is 0.00547. The highest BCUT2D eigenvalue weighted by Crippen LogP contribution is 2.23. The Morgan fingerprint density at radius 2 is 2.30 bits per heavy atom. The fourth-order valence-electron chi connectivity index (χ4n) is 2.34. The monoisotopic (exact) mass is 277 g/mol. The number of para-hydroxylation sites is 2. The molecule has 2 N–H and O–H groups in total. The number of carbonyl (C=O) groups excluding carboxylic acids is 1. The summed E-state index contributed by atoms with van der Waals surface area (Å²) in [6.45, 7) is 7.84. The van der Waals surface area contributed by atoms with Crippen LogP contribution < -0.4 is 15.4 Å². The van der Waals surface area contributed by atoms with Gasteiger partial charge in [0.2, 0.25) is 5.91 Å². The van der Waals surface area contributed by atoms with Crippen molar-refractivity contribution in [2.24, 2.45) is 0 Å². The second-order valence-electron chi connectivity index (χ2n) is 5.00. The number of rotatable bonds is 5. The van der Waals surface area contributed by atoms with Gasteiger partial charge in [0.25, 0.3) is 0 Å². The number of hydrogen-bond acceptors (Lipinski definition) is 4. The van der Waals surface area contributed by atoms with E-state index in [1.165, 1.54) is 0 Å². The van der Waals surface area contributed by atoms with E-state index in [0.29, 0.717) is 19.2 Å². The van der Waals surface area contributed by atoms with Gasteiger partial charge in [0, 0.05) is 25.7 Å². The van der Waals surface area contributed by atoms with E-state index in [9.17, 15) is 4.79 Å². The van der Waals surface area contributed by atoms with Crippen LogP contribution in [0.3, 0.4) is 0 Å². The van der Waals surface area contributed by atoms with Crippen LogP contribution in [0.4, 0.5) is 5.69 Å². The van der Waals surface area contributed by atoms with E-state index in [2.05, 4.69) is 22.5 Å². The van der Waals surface area contributed by atoms with E-state index in [1.807, 2.05) is 31.2 Å². The first-order chi connectivity index (χ1) is 9.70. The molecule has 0 unspecified atom stereocenters. The Labute approximate surface area is 120 Å². The molecule has 2 rings (SSSR count). The molecule has 1 fully saturated rings. The molecule has 20 heavy (non-hydrogen) atoms. The summed E-state index contributed by atoms with van der Waals surface area (Å²) in [6, 6.07) is 7.91. The molecule has 1 heterocycles. The van der Waals surface area contributed by atoms with Crippen LogP contribution in [0.25, 0.3) is 0 Å². The Balaban J connectivity index is 1.94. The van der Waals surface area contributed by atoms with Gasteiger partial charge in [-0.05, 0) is 26.0 Å². The van der Waals surface area contributed by atoms with Crippen LogP contribution in [0.5, 0.6) is 5.75 Å². The number of benzene rings is 1. The number of nitrogens with zero attached hydrogens (tertiary/aromatic N) is 1. The van der Waals surface area contributed by atoms with E-state index in [4.69, 9.17) is 4.74 Å². The summed E-state index contributed by atoms with van der Waals surface area (Å²) in [4.78, 5) is 14.3. The molecular formula is C15H23N3O2. The minimum atomic E-state index is 0.00547. The largest absolute Gasteiger partial charge is 0.492 e. The zero-order valence-electron chi connectivity index (χ0n) is 12.2. The Morgan fingerprint density at radius 1 is 1.50 bits per heavy atom. The van der Waals surface area contributed by atoms with Gasteiger partial charge in [-0.3, -0.25) is 9.69 Å². The summed E-state index contributed by atoms with van der Waals surface area (Å²) >= 11 is 0. The predicted molar refractivity (Wildman–Crippen MR) is 80.1 cm³/mol. The molecule has 5 nitrogen and oxygen atoms in total. The van der Waals surface area contributed by atoms with Gasteiger partial charge in [0.15, 0.2) is 0 Å². The Kier molecular flexibility index (Phi) is 5.38. The smallest absolute Gasteiger partial charge is 0.238 e. The third kappa shape index (κ3) is 3.95. The van der Waals surface area contributed by atoms with Crippen LogP contribution in [-0.2, 0) is 4.79 Å². The molecule has 1 aliphatic rings. The average molecular weight is 277 g/mol. The molecule has 5 heteroatoms. The highest BCUT2D eigenvalue weighted by Gasteiger charge is 2.20. The normalized spacial score (nSPS) is 19.6. The lowest BCUT2D eigenvalue weighted by atomic mass is 10.2. The summed E-state index contributed by atoms with van der Waals surface area (Å²) in [7, 11) is 0. The standard InChI is InChI=1S/C15H23N3O2/c1-3-20-14-7-5-4-6-13(14)17-15(19)11-18-9-8-16-10-12(18)2/h4-7,12,16H,3,8-11H2,1-2H3,(H,17,19)/t12-/m1/s1. The summed E-state index contributed by atoms with van der Waals surface area (Å²) in [5, 5.41) is 6.26. The van der Waals surface area contributed by atoms with Crippen molar-refractivity contribution < 1.29 is 9.53 Å². The van der Waals surface area contributed by atoms with E-state index in [-0.39, 0.29) is 5.91 Å². The minimum Gasteiger partial charge on any atom is -0.492 e. The Hall–Kier alpha value is -1.59. The lowest BCUT2D eigenvalue weighted by Gasteiger charge is -2.33. The van der Waals surface area contributed by atoms with Crippen LogP contribution in [0, 0.1) is 0 Å². The van der Waals surface area contributed by atoms with E-state index < -0.39 is 0 Å². The second kappa shape index (κ2) is 7.26. The summed E-state index contributed by atoms with van der Waals surface area (Å²) in [6.07, 6.45) is 0. The first-order valence-electron chi connectivity index (χ1n) is 7.17. The lowest BCUT2D eigenvalue weighted by molar-refractivity contribution is -0.118. The van der Waals surface area contributed by atoms with Gasteiger partial charge < -0.3 is 15.4 Å². The maximum atomic E-state index is 12.2. The molecule has 1 atom stereocenters. The number of carbonyl (C=O) groups is 1. The van der Waals surface area contributed by atoms with Crippen molar-refractivity contribution in [2.75, 3.05) is 38.1 Å². The van der Waals surface area contributed by atoms with Crippen LogP contribution in [0.15, 0.2) is 24.3 Å². The molecule has 1 aromatic rings. The van der Waals surface area contributed by atoms with E-state index >= 15 is 0 Å². The van der Waals surface area contributed by atoms with Crippen LogP contribution in [-0.4, -0.2) is 49.6 Å². The molecule has 0 spiro atoms. The van der Waals surface area contributed by atoms with Gasteiger partial charge in [-0.1, -0.05) is 12.1 Å². The van der Waals surface area contributed by atoms with Crippen LogP contribution >= 0.6 is 0 Å².